The van der Waals surface area contributed by atoms with E-state index in [1.807, 2.05) is 10.9 Å². The van der Waals surface area contributed by atoms with Gasteiger partial charge in [-0.2, -0.15) is 5.10 Å². The van der Waals surface area contributed by atoms with Gasteiger partial charge in [0.2, 0.25) is 0 Å². The van der Waals surface area contributed by atoms with Gasteiger partial charge in [0.25, 0.3) is 5.91 Å². The molecule has 1 aliphatic rings. The molecule has 6 nitrogen and oxygen atoms in total. The third kappa shape index (κ3) is 3.56. The maximum atomic E-state index is 14.8. The third-order valence-corrected chi connectivity index (χ3v) is 5.05. The second kappa shape index (κ2) is 7.58. The van der Waals surface area contributed by atoms with Gasteiger partial charge in [-0.05, 0) is 25.3 Å². The molecule has 28 heavy (non-hydrogen) atoms. The zero-order valence-corrected chi connectivity index (χ0v) is 16.1. The second-order valence-corrected chi connectivity index (χ2v) is 7.24. The fourth-order valence-electron chi connectivity index (χ4n) is 3.31. The van der Waals surface area contributed by atoms with E-state index >= 15 is 0 Å². The first-order valence-corrected chi connectivity index (χ1v) is 9.74. The molecule has 0 spiro atoms. The Hall–Kier alpha value is -2.96. The maximum absolute atomic E-state index is 14.8. The topological polar surface area (TPSA) is 71.8 Å². The highest BCUT2D eigenvalue weighted by atomic mass is 19.1. The molecule has 1 fully saturated rings. The van der Waals surface area contributed by atoms with E-state index < -0.39 is 0 Å². The Labute approximate surface area is 163 Å². The smallest absolute Gasteiger partial charge is 0.255 e. The molecule has 4 rings (SSSR count). The van der Waals surface area contributed by atoms with Crippen molar-refractivity contribution < 1.29 is 9.18 Å². The number of aromatic nitrogens is 3. The number of hydrogen-bond donors (Lipinski definition) is 2. The summed E-state index contributed by atoms with van der Waals surface area (Å²) < 4.78 is 16.6. The highest BCUT2D eigenvalue weighted by Gasteiger charge is 2.26. The van der Waals surface area contributed by atoms with Gasteiger partial charge < -0.3 is 10.6 Å². The molecule has 3 aromatic rings. The number of anilines is 1. The van der Waals surface area contributed by atoms with Crippen LogP contribution < -0.4 is 10.6 Å². The van der Waals surface area contributed by atoms with E-state index in [2.05, 4.69) is 27.6 Å². The van der Waals surface area contributed by atoms with E-state index in [0.717, 1.165) is 32.2 Å². The molecular formula is C21H24FN5O. The summed E-state index contributed by atoms with van der Waals surface area (Å²) >= 11 is 0. The molecule has 0 unspecified atom stereocenters. The summed E-state index contributed by atoms with van der Waals surface area (Å²) in [5.41, 5.74) is 2.80. The molecule has 7 heteroatoms. The van der Waals surface area contributed by atoms with Gasteiger partial charge in [-0.1, -0.05) is 13.3 Å². The minimum absolute atomic E-state index is 0.153. The number of fused-ring (bicyclic) bond motifs is 1. The van der Waals surface area contributed by atoms with E-state index in [0.29, 0.717) is 33.3 Å². The molecule has 0 radical (unpaired) electrons. The van der Waals surface area contributed by atoms with Crippen LogP contribution in [0, 0.1) is 5.82 Å². The fraction of sp³-hybridized carbons (Fsp3) is 0.381. The molecule has 146 valence electrons. The highest BCUT2D eigenvalue weighted by Crippen LogP contribution is 2.33. The number of carbonyl (C=O) groups is 1. The largest absolute Gasteiger partial charge is 0.387 e. The molecule has 2 heterocycles. The van der Waals surface area contributed by atoms with E-state index in [4.69, 9.17) is 0 Å². The van der Waals surface area contributed by atoms with Gasteiger partial charge >= 0.3 is 0 Å². The Morgan fingerprint density at radius 3 is 2.86 bits per heavy atom. The molecule has 2 N–H and O–H groups in total. The lowest BCUT2D eigenvalue weighted by molar-refractivity contribution is 0.0951. The summed E-state index contributed by atoms with van der Waals surface area (Å²) in [5.74, 6) is -0.508. The summed E-state index contributed by atoms with van der Waals surface area (Å²) in [6.45, 7) is 2.93. The molecule has 1 aromatic carbocycles. The number of aryl methyl sites for hydroxylation is 1. The number of rotatable bonds is 7. The molecule has 1 aliphatic carbocycles. The van der Waals surface area contributed by atoms with E-state index in [1.165, 1.54) is 12.3 Å². The normalized spacial score (nSPS) is 13.7. The van der Waals surface area contributed by atoms with Crippen LogP contribution in [0.2, 0.25) is 0 Å². The van der Waals surface area contributed by atoms with Crippen molar-refractivity contribution >= 4 is 22.5 Å². The van der Waals surface area contributed by atoms with E-state index in [9.17, 15) is 9.18 Å². The molecule has 0 saturated heterocycles. The van der Waals surface area contributed by atoms with Crippen molar-refractivity contribution in [1.82, 2.24) is 20.1 Å². The number of nitrogens with one attached hydrogen (secondary N) is 2. The van der Waals surface area contributed by atoms with Crippen molar-refractivity contribution in [2.24, 2.45) is 0 Å². The monoisotopic (exact) mass is 381 g/mol. The van der Waals surface area contributed by atoms with Crippen molar-refractivity contribution in [3.8, 4) is 11.1 Å². The Morgan fingerprint density at radius 1 is 1.32 bits per heavy atom. The first-order valence-electron chi connectivity index (χ1n) is 9.74. The van der Waals surface area contributed by atoms with Crippen LogP contribution in [0.5, 0.6) is 0 Å². The first-order chi connectivity index (χ1) is 13.6. The van der Waals surface area contributed by atoms with Crippen molar-refractivity contribution in [2.75, 3.05) is 12.4 Å². The zero-order chi connectivity index (χ0) is 19.7. The van der Waals surface area contributed by atoms with E-state index in [-0.39, 0.29) is 17.8 Å². The van der Waals surface area contributed by atoms with Gasteiger partial charge in [-0.3, -0.25) is 14.5 Å². The minimum atomic E-state index is -0.354. The lowest BCUT2D eigenvalue weighted by atomic mass is 10.0. The number of unbranched alkanes of at least 4 members (excludes halogenated alkanes) is 1. The van der Waals surface area contributed by atoms with Gasteiger partial charge in [0.15, 0.2) is 0 Å². The number of carbonyl (C=O) groups excluding carboxylic acids is 1. The fourth-order valence-corrected chi connectivity index (χ4v) is 3.31. The van der Waals surface area contributed by atoms with Gasteiger partial charge in [-0.15, -0.1) is 0 Å². The lowest BCUT2D eigenvalue weighted by Gasteiger charge is -2.13. The van der Waals surface area contributed by atoms with Crippen molar-refractivity contribution in [2.45, 2.75) is 45.2 Å². The maximum Gasteiger partial charge on any atom is 0.255 e. The Balaban J connectivity index is 1.76. The average Bonchev–Trinajstić information content (AvgIpc) is 3.38. The second-order valence-electron chi connectivity index (χ2n) is 7.24. The van der Waals surface area contributed by atoms with Crippen molar-refractivity contribution in [1.29, 1.82) is 0 Å². The van der Waals surface area contributed by atoms with Crippen LogP contribution in [-0.2, 0) is 6.54 Å². The summed E-state index contributed by atoms with van der Waals surface area (Å²) in [7, 11) is 1.76. The average molecular weight is 381 g/mol. The number of pyridine rings is 1. The predicted octanol–water partition coefficient (Wildman–Crippen LogP) is 3.97. The predicted molar refractivity (Wildman–Crippen MR) is 108 cm³/mol. The Bertz CT molecular complexity index is 1030. The van der Waals surface area contributed by atoms with Crippen LogP contribution in [0.4, 0.5) is 10.1 Å². The first kappa shape index (κ1) is 18.4. The number of benzene rings is 1. The van der Waals surface area contributed by atoms with Crippen LogP contribution >= 0.6 is 0 Å². The lowest BCUT2D eigenvalue weighted by Crippen LogP contribution is -2.26. The SMILES string of the molecule is CCCCn1cc(-c2cc3c(NC)c(C(=O)NC4CC4)cnc3cc2F)cn1. The molecular weight excluding hydrogens is 357 g/mol. The standard InChI is InChI=1S/C21H24FN5O/c1-3-4-7-27-12-13(10-25-27)15-8-16-19(9-18(15)22)24-11-17(20(16)23-2)21(28)26-14-5-6-14/h8-12,14H,3-7H2,1-2H3,(H,23,24)(H,26,28). The zero-order valence-electron chi connectivity index (χ0n) is 16.1. The summed E-state index contributed by atoms with van der Waals surface area (Å²) in [4.78, 5) is 16.9. The number of halogens is 1. The third-order valence-electron chi connectivity index (χ3n) is 5.05. The molecule has 0 aliphatic heterocycles. The van der Waals surface area contributed by atoms with E-state index in [1.54, 1.807) is 19.3 Å². The van der Waals surface area contributed by atoms with Crippen molar-refractivity contribution in [3.63, 3.8) is 0 Å². The quantitative estimate of drug-likeness (QED) is 0.650. The summed E-state index contributed by atoms with van der Waals surface area (Å²) in [6, 6.07) is 3.42. The molecule has 0 bridgehead atoms. The summed E-state index contributed by atoms with van der Waals surface area (Å²) in [5, 5.41) is 11.1. The number of hydrogen-bond acceptors (Lipinski definition) is 4. The van der Waals surface area contributed by atoms with Gasteiger partial charge in [0, 0.05) is 54.6 Å². The molecule has 1 amide bonds. The summed E-state index contributed by atoms with van der Waals surface area (Å²) in [6.07, 6.45) is 9.16. The van der Waals surface area contributed by atoms with Crippen LogP contribution in [-0.4, -0.2) is 33.8 Å². The minimum Gasteiger partial charge on any atom is -0.387 e. The van der Waals surface area contributed by atoms with Crippen molar-refractivity contribution in [3.05, 3.63) is 42.1 Å². The van der Waals surface area contributed by atoms with Crippen LogP contribution in [0.1, 0.15) is 43.0 Å². The number of nitrogens with zero attached hydrogens (tertiary/aromatic N) is 3. The molecule has 2 aromatic heterocycles. The Kier molecular flexibility index (Phi) is 4.98. The van der Waals surface area contributed by atoms with Crippen LogP contribution in [0.3, 0.4) is 0 Å². The molecule has 0 atom stereocenters. The van der Waals surface area contributed by atoms with Gasteiger partial charge in [-0.25, -0.2) is 4.39 Å². The molecule has 1 saturated carbocycles. The van der Waals surface area contributed by atoms with Gasteiger partial charge in [0.1, 0.15) is 5.82 Å². The van der Waals surface area contributed by atoms with Crippen LogP contribution in [0.25, 0.3) is 22.0 Å². The van der Waals surface area contributed by atoms with Gasteiger partial charge in [0.05, 0.1) is 23.0 Å². The Morgan fingerprint density at radius 2 is 2.14 bits per heavy atom. The van der Waals surface area contributed by atoms with Crippen LogP contribution in [0.15, 0.2) is 30.7 Å². The highest BCUT2D eigenvalue weighted by molar-refractivity contribution is 6.08. The number of amides is 1.